The summed E-state index contributed by atoms with van der Waals surface area (Å²) < 4.78 is 0. The van der Waals surface area contributed by atoms with Crippen molar-refractivity contribution in [3.05, 3.63) is 33.9 Å². The molecule has 1 unspecified atom stereocenters. The van der Waals surface area contributed by atoms with Crippen LogP contribution in [0.5, 0.6) is 0 Å². The average molecular weight is 443 g/mol. The van der Waals surface area contributed by atoms with Crippen LogP contribution >= 0.6 is 11.8 Å². The van der Waals surface area contributed by atoms with E-state index >= 15 is 0 Å². The fraction of sp³-hybridized carbons (Fsp3) is 0.591. The molecule has 9 heteroatoms. The number of carbonyl (C=O) groups is 2. The van der Waals surface area contributed by atoms with Gasteiger partial charge in [-0.15, -0.1) is 0 Å². The SMILES string of the molecule is Cc1ccc(NC(=O)CC2SC(=NC34CC5CC(CC(C5)C3)C4)NC2=O)c([N+](=O)[O-])c1. The monoisotopic (exact) mass is 442 g/mol. The maximum atomic E-state index is 12.5. The van der Waals surface area contributed by atoms with Crippen molar-refractivity contribution in [2.24, 2.45) is 22.7 Å². The molecular formula is C22H26N4O4S. The van der Waals surface area contributed by atoms with Crippen LogP contribution in [0.25, 0.3) is 0 Å². The number of amides is 2. The van der Waals surface area contributed by atoms with Gasteiger partial charge < -0.3 is 10.6 Å². The Bertz CT molecular complexity index is 956. The van der Waals surface area contributed by atoms with Crippen LogP contribution in [0.1, 0.15) is 50.5 Å². The van der Waals surface area contributed by atoms with Crippen LogP contribution in [0.3, 0.4) is 0 Å². The molecular weight excluding hydrogens is 416 g/mol. The summed E-state index contributed by atoms with van der Waals surface area (Å²) in [6.07, 6.45) is 7.28. The molecule has 164 valence electrons. The maximum Gasteiger partial charge on any atom is 0.293 e. The van der Waals surface area contributed by atoms with Crippen molar-refractivity contribution in [2.75, 3.05) is 5.32 Å². The number of aryl methyl sites for hydroxylation is 1. The van der Waals surface area contributed by atoms with E-state index in [0.29, 0.717) is 5.17 Å². The van der Waals surface area contributed by atoms with Gasteiger partial charge in [0.2, 0.25) is 11.8 Å². The highest BCUT2D eigenvalue weighted by Crippen LogP contribution is 2.57. The number of rotatable bonds is 5. The molecule has 1 aromatic rings. The molecule has 1 aromatic carbocycles. The number of thioether (sulfide) groups is 1. The van der Waals surface area contributed by atoms with E-state index < -0.39 is 16.1 Å². The first kappa shape index (κ1) is 20.5. The molecule has 2 amide bonds. The van der Waals surface area contributed by atoms with Crippen LogP contribution in [0.15, 0.2) is 23.2 Å². The second kappa shape index (κ2) is 7.62. The van der Waals surface area contributed by atoms with Crippen LogP contribution < -0.4 is 10.6 Å². The highest BCUT2D eigenvalue weighted by molar-refractivity contribution is 8.15. The first-order valence-corrected chi connectivity index (χ1v) is 11.8. The van der Waals surface area contributed by atoms with E-state index in [1.54, 1.807) is 13.0 Å². The molecule has 1 atom stereocenters. The Morgan fingerprint density at radius 3 is 2.52 bits per heavy atom. The number of nitrogens with zero attached hydrogens (tertiary/aromatic N) is 2. The summed E-state index contributed by atoms with van der Waals surface area (Å²) in [7, 11) is 0. The number of carbonyl (C=O) groups excluding carboxylic acids is 2. The quantitative estimate of drug-likeness (QED) is 0.532. The van der Waals surface area contributed by atoms with Crippen LogP contribution in [-0.2, 0) is 9.59 Å². The summed E-state index contributed by atoms with van der Waals surface area (Å²) >= 11 is 1.31. The van der Waals surface area contributed by atoms with Crippen molar-refractivity contribution in [1.29, 1.82) is 0 Å². The minimum absolute atomic E-state index is 0.0377. The number of anilines is 1. The molecule has 5 fully saturated rings. The summed E-state index contributed by atoms with van der Waals surface area (Å²) in [5.74, 6) is 1.66. The molecule has 31 heavy (non-hydrogen) atoms. The Kier molecular flexibility index (Phi) is 5.03. The van der Waals surface area contributed by atoms with Gasteiger partial charge in [0.1, 0.15) is 10.9 Å². The van der Waals surface area contributed by atoms with E-state index in [0.717, 1.165) is 42.6 Å². The maximum absolute atomic E-state index is 12.5. The largest absolute Gasteiger partial charge is 0.320 e. The van der Waals surface area contributed by atoms with Crippen molar-refractivity contribution < 1.29 is 14.5 Å². The predicted octanol–water partition coefficient (Wildman–Crippen LogP) is 3.79. The number of nitro groups is 1. The minimum Gasteiger partial charge on any atom is -0.320 e. The second-order valence-corrected chi connectivity index (χ2v) is 10.9. The topological polar surface area (TPSA) is 114 Å². The van der Waals surface area contributed by atoms with Gasteiger partial charge in [-0.2, -0.15) is 0 Å². The third kappa shape index (κ3) is 4.07. The van der Waals surface area contributed by atoms with Crippen LogP contribution in [0.4, 0.5) is 11.4 Å². The van der Waals surface area contributed by atoms with E-state index in [1.807, 2.05) is 0 Å². The molecule has 0 spiro atoms. The standard InChI is InChI=1S/C22H26N4O4S/c1-12-2-3-16(17(4-12)26(29)30)23-19(27)8-18-20(28)24-21(31-18)25-22-9-13-5-14(10-22)7-15(6-13)11-22/h2-4,13-15,18H,5-11H2,1H3,(H,23,27)(H,24,25,28). The van der Waals surface area contributed by atoms with Gasteiger partial charge in [-0.05, 0) is 74.8 Å². The number of hydrogen-bond acceptors (Lipinski definition) is 6. The molecule has 4 bridgehead atoms. The van der Waals surface area contributed by atoms with E-state index in [1.165, 1.54) is 43.2 Å². The highest BCUT2D eigenvalue weighted by atomic mass is 32.2. The lowest BCUT2D eigenvalue weighted by molar-refractivity contribution is -0.384. The molecule has 0 radical (unpaired) electrons. The Hall–Kier alpha value is -2.42. The van der Waals surface area contributed by atoms with Gasteiger partial charge in [-0.3, -0.25) is 24.7 Å². The zero-order valence-electron chi connectivity index (χ0n) is 17.4. The van der Waals surface area contributed by atoms with Crippen molar-refractivity contribution >= 4 is 40.1 Å². The fourth-order valence-electron chi connectivity index (χ4n) is 6.28. The Morgan fingerprint density at radius 2 is 1.90 bits per heavy atom. The number of amidine groups is 1. The zero-order chi connectivity index (χ0) is 21.8. The molecule has 4 aliphatic carbocycles. The lowest BCUT2D eigenvalue weighted by Crippen LogP contribution is -2.50. The highest BCUT2D eigenvalue weighted by Gasteiger charge is 2.51. The summed E-state index contributed by atoms with van der Waals surface area (Å²) in [5, 5.41) is 16.8. The van der Waals surface area contributed by atoms with Crippen LogP contribution in [-0.4, -0.2) is 32.7 Å². The van der Waals surface area contributed by atoms with Gasteiger partial charge in [-0.25, -0.2) is 0 Å². The summed E-state index contributed by atoms with van der Waals surface area (Å²) in [6, 6.07) is 4.64. The van der Waals surface area contributed by atoms with Crippen molar-refractivity contribution in [3.8, 4) is 0 Å². The molecule has 0 aromatic heterocycles. The molecule has 1 aliphatic heterocycles. The van der Waals surface area contributed by atoms with Crippen LogP contribution in [0, 0.1) is 34.8 Å². The molecule has 2 N–H and O–H groups in total. The smallest absolute Gasteiger partial charge is 0.293 e. The first-order valence-electron chi connectivity index (χ1n) is 10.9. The van der Waals surface area contributed by atoms with E-state index in [2.05, 4.69) is 10.6 Å². The molecule has 8 nitrogen and oxygen atoms in total. The van der Waals surface area contributed by atoms with E-state index in [9.17, 15) is 19.7 Å². The molecule has 1 saturated heterocycles. The lowest BCUT2D eigenvalue weighted by Gasteiger charge is -2.55. The van der Waals surface area contributed by atoms with Gasteiger partial charge in [0.25, 0.3) is 5.69 Å². The van der Waals surface area contributed by atoms with Gasteiger partial charge in [0.05, 0.1) is 10.5 Å². The number of aliphatic imine (C=N–C) groups is 1. The Balaban J connectivity index is 1.25. The van der Waals surface area contributed by atoms with Crippen molar-refractivity contribution in [1.82, 2.24) is 5.32 Å². The summed E-state index contributed by atoms with van der Waals surface area (Å²) in [6.45, 7) is 1.75. The number of hydrogen-bond donors (Lipinski definition) is 2. The third-order valence-electron chi connectivity index (χ3n) is 7.12. The molecule has 1 heterocycles. The normalized spacial score (nSPS) is 34.7. The second-order valence-electron chi connectivity index (χ2n) is 9.68. The fourth-order valence-corrected chi connectivity index (χ4v) is 7.35. The van der Waals surface area contributed by atoms with E-state index in [4.69, 9.17) is 4.99 Å². The summed E-state index contributed by atoms with van der Waals surface area (Å²) in [5.41, 5.74) is 0.692. The number of benzene rings is 1. The van der Waals surface area contributed by atoms with Gasteiger partial charge >= 0.3 is 0 Å². The van der Waals surface area contributed by atoms with Gasteiger partial charge in [0, 0.05) is 12.5 Å². The Labute approximate surface area is 184 Å². The number of nitrogens with one attached hydrogen (secondary N) is 2. The molecule has 4 saturated carbocycles. The van der Waals surface area contributed by atoms with Crippen molar-refractivity contribution in [2.45, 2.75) is 62.7 Å². The predicted molar refractivity (Wildman–Crippen MR) is 119 cm³/mol. The molecule has 5 aliphatic rings. The van der Waals surface area contributed by atoms with Gasteiger partial charge in [-0.1, -0.05) is 17.8 Å². The molecule has 6 rings (SSSR count). The third-order valence-corrected chi connectivity index (χ3v) is 8.20. The average Bonchev–Trinajstić information content (AvgIpc) is 2.99. The van der Waals surface area contributed by atoms with Crippen molar-refractivity contribution in [3.63, 3.8) is 0 Å². The van der Waals surface area contributed by atoms with Gasteiger partial charge in [0.15, 0.2) is 5.17 Å². The van der Waals surface area contributed by atoms with Crippen LogP contribution in [0.2, 0.25) is 0 Å². The first-order chi connectivity index (χ1) is 14.8. The lowest BCUT2D eigenvalue weighted by atomic mass is 9.53. The summed E-state index contributed by atoms with van der Waals surface area (Å²) in [4.78, 5) is 40.8. The van der Waals surface area contributed by atoms with E-state index in [-0.39, 0.29) is 29.2 Å². The Morgan fingerprint density at radius 1 is 1.26 bits per heavy atom. The zero-order valence-corrected chi connectivity index (χ0v) is 18.2. The number of nitro benzene ring substituents is 1. The minimum atomic E-state index is -0.572.